The van der Waals surface area contributed by atoms with Gasteiger partial charge in [0, 0.05) is 28.4 Å². The van der Waals surface area contributed by atoms with E-state index in [0.29, 0.717) is 18.2 Å². The Labute approximate surface area is 529 Å². The summed E-state index contributed by atoms with van der Waals surface area (Å²) in [5, 5.41) is 24.2. The zero-order chi connectivity index (χ0) is 43.0. The van der Waals surface area contributed by atoms with Crippen LogP contribution in [0, 0.1) is 0 Å². The molecule has 5 rings (SSSR count). The van der Waals surface area contributed by atoms with Gasteiger partial charge in [0.1, 0.15) is 40.9 Å². The van der Waals surface area contributed by atoms with Gasteiger partial charge in [-0.25, -0.2) is 33.7 Å². The molecule has 0 aliphatic rings. The third kappa shape index (κ3) is 16.0. The summed E-state index contributed by atoms with van der Waals surface area (Å²) in [7, 11) is -25.2. The third-order valence-corrected chi connectivity index (χ3v) is 12.5. The molecule has 4 aromatic carbocycles. The van der Waals surface area contributed by atoms with E-state index in [2.05, 4.69) is 42.4 Å². The molecule has 33 heteroatoms. The zero-order valence-electron chi connectivity index (χ0n) is 32.5. The van der Waals surface area contributed by atoms with E-state index in [0.717, 1.165) is 35.7 Å². The van der Waals surface area contributed by atoms with Crippen molar-refractivity contribution in [3.05, 3.63) is 65.8 Å². The average Bonchev–Trinajstić information content (AvgIpc) is 3.09. The van der Waals surface area contributed by atoms with Crippen molar-refractivity contribution >= 4 is 112 Å². The van der Waals surface area contributed by atoms with Gasteiger partial charge in [0.05, 0.1) is 39.3 Å². The van der Waals surface area contributed by atoms with Gasteiger partial charge in [-0.05, 0) is 52.7 Å². The first kappa shape index (κ1) is 61.6. The Bertz CT molecular complexity index is 3140. The fourth-order valence-corrected chi connectivity index (χ4v) is 8.51. The first-order chi connectivity index (χ1) is 26.8. The smallest absolute Gasteiger partial charge is 0.870 e. The van der Waals surface area contributed by atoms with E-state index in [1.54, 1.807) is 0 Å². The number of hydrogen-bond acceptors (Lipinski definition) is 22. The monoisotopic (exact) mass is 1070 g/mol. The molecule has 0 radical (unpaired) electrons. The van der Waals surface area contributed by atoms with E-state index in [9.17, 15) is 65.4 Å². The molecule has 0 fully saturated rings. The molecular formula is C29H22ClK4N7O16S5. The second kappa shape index (κ2) is 24.9. The summed E-state index contributed by atoms with van der Waals surface area (Å²) in [6, 6.07) is 6.09. The van der Waals surface area contributed by atoms with Crippen LogP contribution < -0.4 is 221 Å². The van der Waals surface area contributed by atoms with Crippen molar-refractivity contribution in [2.75, 3.05) is 36.1 Å². The van der Waals surface area contributed by atoms with Crippen LogP contribution in [-0.4, -0.2) is 101 Å². The van der Waals surface area contributed by atoms with Crippen LogP contribution in [-0.2, 0) is 55.0 Å². The SMILES string of the molecule is C=CS(=O)(=O)CCOCCNc1nc(Cl)nc(Nc2cc(S(=O)(=O)[O-])cc3cc(S(=O)(=O)[O-])c(N=Nc4ccc5c(S(=O)(=O)[O-])cccc5c4S(=O)(=O)O)c([O-])c23)n1.[K+].[K+].[K+].[K+]. The Morgan fingerprint density at radius 1 is 0.774 bits per heavy atom. The van der Waals surface area contributed by atoms with Crippen LogP contribution in [0.3, 0.4) is 0 Å². The molecule has 0 amide bonds. The molecule has 0 saturated heterocycles. The molecule has 62 heavy (non-hydrogen) atoms. The summed E-state index contributed by atoms with van der Waals surface area (Å²) in [5.41, 5.74) is -2.75. The average molecular weight is 1080 g/mol. The Morgan fingerprint density at radius 3 is 1.98 bits per heavy atom. The van der Waals surface area contributed by atoms with E-state index in [1.165, 1.54) is 0 Å². The van der Waals surface area contributed by atoms with Crippen LogP contribution in [0.1, 0.15) is 0 Å². The van der Waals surface area contributed by atoms with Gasteiger partial charge < -0.3 is 34.1 Å². The van der Waals surface area contributed by atoms with Gasteiger partial charge >= 0.3 is 206 Å². The molecule has 5 aromatic rings. The predicted molar refractivity (Wildman–Crippen MR) is 197 cm³/mol. The van der Waals surface area contributed by atoms with Gasteiger partial charge in [0.2, 0.25) is 17.2 Å². The number of nitrogens with zero attached hydrogens (tertiary/aromatic N) is 5. The molecule has 1 aromatic heterocycles. The molecule has 23 nitrogen and oxygen atoms in total. The first-order valence-electron chi connectivity index (χ1n) is 15.3. The Kier molecular flexibility index (Phi) is 24.7. The maximum Gasteiger partial charge on any atom is 1.00 e. The molecule has 0 spiro atoms. The number of ether oxygens (including phenoxy) is 1. The predicted octanol–water partition coefficient (Wildman–Crippen LogP) is -9.97. The van der Waals surface area contributed by atoms with Gasteiger partial charge in [-0.15, -0.1) is 10.2 Å². The number of sulfone groups is 1. The van der Waals surface area contributed by atoms with Gasteiger partial charge in [-0.3, -0.25) is 4.55 Å². The largest absolute Gasteiger partial charge is 1.00 e. The minimum atomic E-state index is -5.73. The number of benzene rings is 4. The quantitative estimate of drug-likeness (QED) is 0.0357. The van der Waals surface area contributed by atoms with Crippen LogP contribution in [0.15, 0.2) is 90.3 Å². The Morgan fingerprint density at radius 2 is 1.40 bits per heavy atom. The van der Waals surface area contributed by atoms with E-state index in [1.807, 2.05) is 0 Å². The third-order valence-electron chi connectivity index (χ3n) is 7.55. The maximum atomic E-state index is 14.0. The van der Waals surface area contributed by atoms with E-state index in [-0.39, 0.29) is 237 Å². The van der Waals surface area contributed by atoms with Crippen LogP contribution in [0.2, 0.25) is 5.28 Å². The van der Waals surface area contributed by atoms with Crippen molar-refractivity contribution in [1.29, 1.82) is 0 Å². The van der Waals surface area contributed by atoms with Gasteiger partial charge in [0.25, 0.3) is 10.1 Å². The number of nitrogens with one attached hydrogen (secondary N) is 2. The fraction of sp³-hybridized carbons (Fsp3) is 0.138. The van der Waals surface area contributed by atoms with E-state index in [4.69, 9.17) is 16.3 Å². The van der Waals surface area contributed by atoms with Crippen molar-refractivity contribution < 1.29 is 276 Å². The fourth-order valence-electron chi connectivity index (χ4n) is 5.13. The minimum Gasteiger partial charge on any atom is -0.870 e. The molecule has 0 bridgehead atoms. The summed E-state index contributed by atoms with van der Waals surface area (Å²) >= 11 is 6.01. The van der Waals surface area contributed by atoms with Crippen LogP contribution in [0.4, 0.5) is 29.0 Å². The normalized spacial score (nSPS) is 12.1. The van der Waals surface area contributed by atoms with Crippen molar-refractivity contribution in [1.82, 2.24) is 15.0 Å². The number of anilines is 3. The Balaban J connectivity index is 0.00000480. The number of halogens is 1. The van der Waals surface area contributed by atoms with Crippen molar-refractivity contribution in [3.8, 4) is 5.75 Å². The first-order valence-corrected chi connectivity index (χ1v) is 23.1. The summed E-state index contributed by atoms with van der Waals surface area (Å²) in [6.07, 6.45) is 0. The zero-order valence-corrected chi connectivity index (χ0v) is 49.8. The van der Waals surface area contributed by atoms with Gasteiger partial charge in [0.15, 0.2) is 9.84 Å². The summed E-state index contributed by atoms with van der Waals surface area (Å²) in [4.78, 5) is 7.14. The van der Waals surface area contributed by atoms with Crippen molar-refractivity contribution in [2.45, 2.75) is 19.6 Å². The molecule has 1 heterocycles. The Hall–Kier alpha value is 1.54. The molecule has 0 saturated carbocycles. The molecule has 0 aliphatic heterocycles. The second-order valence-corrected chi connectivity index (χ2v) is 19.2. The molecule has 0 aliphatic carbocycles. The number of aromatic nitrogens is 3. The number of rotatable bonds is 16. The standard InChI is InChI=1S/C29H26ClN7O16S5.4K/c1-2-54(39,40)11-10-53-9-8-31-28-33-27(30)34-29(35-28)32-20-14-16(55(41,42)43)12-15-13-22(57(47,48)49)24(25(38)23(15)20)37-36-19-7-6-17-18(26(19)58(50,51)52)4-3-5-21(17)56(44,45)46;;;;/h2-7,12-14,38H,1,8-11H2,(H,41,42,43)(H,44,45,46)(H,47,48,49)(H,50,51,52)(H2,31,32,33,34,35);;;;/q;4*+1/p-4. The minimum absolute atomic E-state index is 0. The van der Waals surface area contributed by atoms with Gasteiger partial charge in [-0.2, -0.15) is 23.4 Å². The number of fused-ring (bicyclic) bond motifs is 2. The summed E-state index contributed by atoms with van der Waals surface area (Å²) < 4.78 is 172. The van der Waals surface area contributed by atoms with E-state index >= 15 is 0 Å². The molecule has 0 unspecified atom stereocenters. The van der Waals surface area contributed by atoms with Crippen molar-refractivity contribution in [3.63, 3.8) is 0 Å². The number of hydrogen-bond donors (Lipinski definition) is 3. The molecule has 0 atom stereocenters. The summed E-state index contributed by atoms with van der Waals surface area (Å²) in [6.45, 7) is 2.91. The van der Waals surface area contributed by atoms with Crippen LogP contribution in [0.25, 0.3) is 21.5 Å². The van der Waals surface area contributed by atoms with E-state index < -0.39 is 125 Å². The topological polar surface area (TPSA) is 380 Å². The number of azo groups is 1. The molecular weight excluding hydrogens is 1050 g/mol. The van der Waals surface area contributed by atoms with Crippen LogP contribution >= 0.6 is 11.6 Å². The maximum absolute atomic E-state index is 14.0. The second-order valence-electron chi connectivity index (χ2n) is 11.4. The summed E-state index contributed by atoms with van der Waals surface area (Å²) in [5.74, 6) is -2.59. The molecule has 3 N–H and O–H groups in total. The van der Waals surface area contributed by atoms with Crippen LogP contribution in [0.5, 0.6) is 5.75 Å². The molecule has 310 valence electrons. The van der Waals surface area contributed by atoms with Gasteiger partial charge in [-0.1, -0.05) is 30.5 Å². The van der Waals surface area contributed by atoms with Crippen molar-refractivity contribution in [2.24, 2.45) is 10.2 Å².